The zero-order chi connectivity index (χ0) is 14.7. The van der Waals surface area contributed by atoms with E-state index in [9.17, 15) is 0 Å². The fourth-order valence-electron chi connectivity index (χ4n) is 2.13. The van der Waals surface area contributed by atoms with E-state index in [1.165, 1.54) is 0 Å². The molecular weight excluding hydrogens is 252 g/mol. The number of rotatable bonds is 6. The molecule has 0 fully saturated rings. The second kappa shape index (κ2) is 6.17. The maximum absolute atomic E-state index is 4.64. The Balaban J connectivity index is 2.36. The Morgan fingerprint density at radius 1 is 1.35 bits per heavy atom. The number of nitrogens with one attached hydrogen (secondary N) is 1. The summed E-state index contributed by atoms with van der Waals surface area (Å²) in [5.74, 6) is 1.71. The van der Waals surface area contributed by atoms with E-state index in [1.807, 2.05) is 13.2 Å². The van der Waals surface area contributed by atoms with Crippen LogP contribution in [0.25, 0.3) is 11.0 Å². The maximum Gasteiger partial charge on any atom is 0.163 e. The lowest BCUT2D eigenvalue weighted by molar-refractivity contribution is 0.238. The van der Waals surface area contributed by atoms with Gasteiger partial charge in [-0.3, -0.25) is 9.58 Å². The fourth-order valence-corrected chi connectivity index (χ4v) is 2.13. The van der Waals surface area contributed by atoms with Gasteiger partial charge in [0.05, 0.1) is 18.1 Å². The normalized spacial score (nSPS) is 13.1. The number of aryl methyl sites for hydroxylation is 1. The molecule has 1 atom stereocenters. The average Bonchev–Trinajstić information content (AvgIpc) is 2.80. The van der Waals surface area contributed by atoms with E-state index in [1.54, 1.807) is 4.68 Å². The second-order valence-electron chi connectivity index (χ2n) is 5.20. The van der Waals surface area contributed by atoms with Gasteiger partial charge in [-0.15, -0.1) is 0 Å². The van der Waals surface area contributed by atoms with E-state index >= 15 is 0 Å². The third-order valence-corrected chi connectivity index (χ3v) is 3.72. The maximum atomic E-state index is 4.64. The molecule has 0 bridgehead atoms. The molecule has 0 saturated carbocycles. The van der Waals surface area contributed by atoms with Crippen molar-refractivity contribution < 1.29 is 0 Å². The van der Waals surface area contributed by atoms with E-state index in [-0.39, 0.29) is 0 Å². The van der Waals surface area contributed by atoms with Gasteiger partial charge in [0.25, 0.3) is 0 Å². The third-order valence-electron chi connectivity index (χ3n) is 3.72. The molecule has 6 nitrogen and oxygen atoms in total. The lowest BCUT2D eigenvalue weighted by Gasteiger charge is -2.22. The van der Waals surface area contributed by atoms with Gasteiger partial charge in [0.2, 0.25) is 0 Å². The first-order valence-corrected chi connectivity index (χ1v) is 7.19. The molecule has 0 spiro atoms. The second-order valence-corrected chi connectivity index (χ2v) is 5.20. The van der Waals surface area contributed by atoms with Gasteiger partial charge in [-0.25, -0.2) is 9.97 Å². The Bertz CT molecular complexity index is 576. The minimum atomic E-state index is 0.517. The molecule has 2 rings (SSSR count). The van der Waals surface area contributed by atoms with Crippen LogP contribution in [-0.4, -0.2) is 44.3 Å². The van der Waals surface area contributed by atoms with Crippen molar-refractivity contribution in [3.05, 3.63) is 12.0 Å². The molecule has 1 unspecified atom stereocenters. The van der Waals surface area contributed by atoms with Crippen LogP contribution in [0.3, 0.4) is 0 Å². The summed E-state index contributed by atoms with van der Waals surface area (Å²) < 4.78 is 1.80. The van der Waals surface area contributed by atoms with Gasteiger partial charge in [0, 0.05) is 19.6 Å². The van der Waals surface area contributed by atoms with Crippen LogP contribution in [0.2, 0.25) is 0 Å². The van der Waals surface area contributed by atoms with Crippen LogP contribution in [0.4, 0.5) is 5.82 Å². The van der Waals surface area contributed by atoms with Crippen LogP contribution in [-0.2, 0) is 13.6 Å². The van der Waals surface area contributed by atoms with Gasteiger partial charge in [-0.2, -0.15) is 5.10 Å². The molecule has 2 aromatic heterocycles. The Kier molecular flexibility index (Phi) is 4.54. The van der Waals surface area contributed by atoms with Crippen molar-refractivity contribution >= 4 is 16.9 Å². The summed E-state index contributed by atoms with van der Waals surface area (Å²) in [4.78, 5) is 11.6. The van der Waals surface area contributed by atoms with Gasteiger partial charge in [-0.05, 0) is 27.3 Å². The summed E-state index contributed by atoms with van der Waals surface area (Å²) in [7, 11) is 4.02. The van der Waals surface area contributed by atoms with Gasteiger partial charge >= 0.3 is 0 Å². The topological polar surface area (TPSA) is 58.9 Å². The molecule has 0 saturated heterocycles. The van der Waals surface area contributed by atoms with Gasteiger partial charge in [0.1, 0.15) is 11.6 Å². The molecule has 20 heavy (non-hydrogen) atoms. The van der Waals surface area contributed by atoms with Crippen LogP contribution >= 0.6 is 0 Å². The van der Waals surface area contributed by atoms with Gasteiger partial charge in [0.15, 0.2) is 5.65 Å². The first-order valence-electron chi connectivity index (χ1n) is 7.19. The highest BCUT2D eigenvalue weighted by Crippen LogP contribution is 2.20. The molecule has 2 aromatic rings. The number of fused-ring (bicyclic) bond motifs is 1. The molecular formula is C14H24N6. The molecule has 0 aliphatic rings. The summed E-state index contributed by atoms with van der Waals surface area (Å²) in [6.45, 7) is 8.05. The van der Waals surface area contributed by atoms with Crippen LogP contribution in [0, 0.1) is 0 Å². The van der Waals surface area contributed by atoms with Crippen molar-refractivity contribution in [2.75, 3.05) is 18.9 Å². The SMILES string of the molecule is CCNc1nc(CN(C)C(C)CC)nc2c1cnn2C. The number of nitrogens with zero attached hydrogens (tertiary/aromatic N) is 5. The minimum Gasteiger partial charge on any atom is -0.370 e. The average molecular weight is 276 g/mol. The van der Waals surface area contributed by atoms with Crippen LogP contribution in [0.15, 0.2) is 6.20 Å². The monoisotopic (exact) mass is 276 g/mol. The standard InChI is InChI=1S/C14H24N6/c1-6-10(3)19(4)9-12-17-13(15-7-2)11-8-16-20(5)14(11)18-12/h8,10H,6-7,9H2,1-5H3,(H,15,17,18). The van der Waals surface area contributed by atoms with Crippen molar-refractivity contribution in [2.45, 2.75) is 39.8 Å². The Hall–Kier alpha value is -1.69. The van der Waals surface area contributed by atoms with Crippen molar-refractivity contribution in [1.82, 2.24) is 24.6 Å². The largest absolute Gasteiger partial charge is 0.370 e. The smallest absolute Gasteiger partial charge is 0.163 e. The highest BCUT2D eigenvalue weighted by atomic mass is 15.3. The van der Waals surface area contributed by atoms with Gasteiger partial charge < -0.3 is 5.32 Å². The lowest BCUT2D eigenvalue weighted by Crippen LogP contribution is -2.28. The molecule has 110 valence electrons. The first kappa shape index (κ1) is 14.7. The molecule has 0 aromatic carbocycles. The zero-order valence-electron chi connectivity index (χ0n) is 13.0. The van der Waals surface area contributed by atoms with Crippen LogP contribution in [0.1, 0.15) is 33.0 Å². The van der Waals surface area contributed by atoms with E-state index in [2.05, 4.69) is 53.1 Å². The Morgan fingerprint density at radius 3 is 2.75 bits per heavy atom. The molecule has 0 aliphatic heterocycles. The van der Waals surface area contributed by atoms with Crippen molar-refractivity contribution in [3.63, 3.8) is 0 Å². The van der Waals surface area contributed by atoms with Crippen LogP contribution in [0.5, 0.6) is 0 Å². The van der Waals surface area contributed by atoms with E-state index in [4.69, 9.17) is 0 Å². The highest BCUT2D eigenvalue weighted by Gasteiger charge is 2.14. The summed E-state index contributed by atoms with van der Waals surface area (Å²) in [5, 5.41) is 8.54. The van der Waals surface area contributed by atoms with Gasteiger partial charge in [-0.1, -0.05) is 6.92 Å². The summed E-state index contributed by atoms with van der Waals surface area (Å²) in [6, 6.07) is 0.517. The van der Waals surface area contributed by atoms with E-state index in [0.717, 1.165) is 42.2 Å². The third kappa shape index (κ3) is 2.90. The molecule has 0 amide bonds. The van der Waals surface area contributed by atoms with Crippen molar-refractivity contribution in [3.8, 4) is 0 Å². The predicted octanol–water partition coefficient (Wildman–Crippen LogP) is 2.03. The quantitative estimate of drug-likeness (QED) is 0.874. The first-order chi connectivity index (χ1) is 9.56. The number of hydrogen-bond donors (Lipinski definition) is 1. The fraction of sp³-hybridized carbons (Fsp3) is 0.643. The lowest BCUT2D eigenvalue weighted by atomic mass is 10.2. The van der Waals surface area contributed by atoms with E-state index in [0.29, 0.717) is 6.04 Å². The predicted molar refractivity (Wildman–Crippen MR) is 81.7 cm³/mol. The summed E-state index contributed by atoms with van der Waals surface area (Å²) in [5.41, 5.74) is 0.878. The Morgan fingerprint density at radius 2 is 2.10 bits per heavy atom. The molecule has 0 aliphatic carbocycles. The molecule has 0 radical (unpaired) electrons. The van der Waals surface area contributed by atoms with E-state index < -0.39 is 0 Å². The van der Waals surface area contributed by atoms with Crippen LogP contribution < -0.4 is 5.32 Å². The molecule has 2 heterocycles. The Labute approximate surface area is 120 Å². The number of anilines is 1. The van der Waals surface area contributed by atoms with Crippen molar-refractivity contribution in [2.24, 2.45) is 7.05 Å². The minimum absolute atomic E-state index is 0.517. The highest BCUT2D eigenvalue weighted by molar-refractivity contribution is 5.86. The van der Waals surface area contributed by atoms with Crippen molar-refractivity contribution in [1.29, 1.82) is 0 Å². The number of aromatic nitrogens is 4. The summed E-state index contributed by atoms with van der Waals surface area (Å²) >= 11 is 0. The summed E-state index contributed by atoms with van der Waals surface area (Å²) in [6.07, 6.45) is 2.93. The zero-order valence-corrected chi connectivity index (χ0v) is 13.0. The molecule has 6 heteroatoms. The molecule has 1 N–H and O–H groups in total. The number of hydrogen-bond acceptors (Lipinski definition) is 5.